The summed E-state index contributed by atoms with van der Waals surface area (Å²) in [6.07, 6.45) is 5.85. The zero-order valence-corrected chi connectivity index (χ0v) is 16.0. The Balaban J connectivity index is 1.24. The number of fused-ring (bicyclic) bond motifs is 1. The van der Waals surface area contributed by atoms with Crippen LogP contribution in [-0.4, -0.2) is 42.1 Å². The van der Waals surface area contributed by atoms with Crippen LogP contribution < -0.4 is 5.32 Å². The molecule has 0 unspecified atom stereocenters. The lowest BCUT2D eigenvalue weighted by Crippen LogP contribution is -2.44. The molecule has 4 nitrogen and oxygen atoms in total. The van der Waals surface area contributed by atoms with Crippen LogP contribution in [0.2, 0.25) is 0 Å². The maximum absolute atomic E-state index is 13.5. The van der Waals surface area contributed by atoms with Crippen LogP contribution in [-0.2, 0) is 16.1 Å². The molecular weight excluding hydrogens is 343 g/mol. The molecule has 4 aliphatic rings. The van der Waals surface area contributed by atoms with E-state index in [1.54, 1.807) is 6.07 Å². The van der Waals surface area contributed by atoms with Crippen LogP contribution in [0.1, 0.15) is 43.2 Å². The van der Waals surface area contributed by atoms with Crippen LogP contribution in [0, 0.1) is 30.5 Å². The van der Waals surface area contributed by atoms with Gasteiger partial charge in [0.05, 0.1) is 11.7 Å². The normalized spacial score (nSPS) is 35.3. The van der Waals surface area contributed by atoms with E-state index in [9.17, 15) is 9.18 Å². The van der Waals surface area contributed by atoms with Crippen molar-refractivity contribution >= 4 is 5.91 Å². The first-order valence-electron chi connectivity index (χ1n) is 10.5. The van der Waals surface area contributed by atoms with E-state index in [0.29, 0.717) is 23.5 Å². The van der Waals surface area contributed by atoms with E-state index in [1.165, 1.54) is 6.42 Å². The zero-order valence-electron chi connectivity index (χ0n) is 16.0. The van der Waals surface area contributed by atoms with Gasteiger partial charge in [-0.05, 0) is 49.8 Å². The molecule has 0 radical (unpaired) electrons. The van der Waals surface area contributed by atoms with Crippen molar-refractivity contribution in [2.75, 3.05) is 19.6 Å². The van der Waals surface area contributed by atoms with Crippen LogP contribution >= 0.6 is 0 Å². The highest BCUT2D eigenvalue weighted by molar-refractivity contribution is 5.79. The second-order valence-electron chi connectivity index (χ2n) is 9.16. The number of carbonyl (C=O) groups excluding carboxylic acids is 1. The second-order valence-corrected chi connectivity index (χ2v) is 9.16. The molecule has 27 heavy (non-hydrogen) atoms. The third kappa shape index (κ3) is 2.99. The number of rotatable bonds is 5. The van der Waals surface area contributed by atoms with Crippen molar-refractivity contribution < 1.29 is 13.9 Å². The van der Waals surface area contributed by atoms with Gasteiger partial charge in [-0.1, -0.05) is 18.6 Å². The molecule has 1 saturated carbocycles. The van der Waals surface area contributed by atoms with Gasteiger partial charge in [-0.15, -0.1) is 0 Å². The average molecular weight is 372 g/mol. The van der Waals surface area contributed by atoms with Gasteiger partial charge in [0.15, 0.2) is 0 Å². The smallest absolute Gasteiger partial charge is 0.223 e. The van der Waals surface area contributed by atoms with E-state index in [0.717, 1.165) is 57.4 Å². The maximum atomic E-state index is 13.5. The van der Waals surface area contributed by atoms with Gasteiger partial charge >= 0.3 is 0 Å². The van der Waals surface area contributed by atoms with Crippen LogP contribution in [0.4, 0.5) is 4.39 Å². The van der Waals surface area contributed by atoms with Gasteiger partial charge < -0.3 is 10.1 Å². The monoisotopic (exact) mass is 372 g/mol. The highest BCUT2D eigenvalue weighted by atomic mass is 19.1. The van der Waals surface area contributed by atoms with E-state index in [-0.39, 0.29) is 23.2 Å². The van der Waals surface area contributed by atoms with Crippen molar-refractivity contribution in [1.29, 1.82) is 0 Å². The number of hydrogen-bond acceptors (Lipinski definition) is 3. The molecule has 0 aromatic heterocycles. The Labute approximate surface area is 160 Å². The lowest BCUT2D eigenvalue weighted by atomic mass is 9.73. The van der Waals surface area contributed by atoms with Gasteiger partial charge in [-0.3, -0.25) is 9.69 Å². The van der Waals surface area contributed by atoms with Crippen molar-refractivity contribution in [2.24, 2.45) is 17.8 Å². The van der Waals surface area contributed by atoms with Gasteiger partial charge in [0.1, 0.15) is 5.82 Å². The largest absolute Gasteiger partial charge is 0.370 e. The molecule has 4 atom stereocenters. The molecule has 4 fully saturated rings. The Morgan fingerprint density at radius 3 is 2.96 bits per heavy atom. The molecule has 3 heterocycles. The highest BCUT2D eigenvalue weighted by Crippen LogP contribution is 2.54. The predicted molar refractivity (Wildman–Crippen MR) is 101 cm³/mol. The summed E-state index contributed by atoms with van der Waals surface area (Å²) in [5.41, 5.74) is 1.85. The van der Waals surface area contributed by atoms with E-state index >= 15 is 0 Å². The maximum Gasteiger partial charge on any atom is 0.223 e. The van der Waals surface area contributed by atoms with Gasteiger partial charge in [-0.2, -0.15) is 0 Å². The first kappa shape index (κ1) is 17.6. The summed E-state index contributed by atoms with van der Waals surface area (Å²) in [6, 6.07) is 5.42. The minimum Gasteiger partial charge on any atom is -0.370 e. The molecule has 3 aliphatic heterocycles. The van der Waals surface area contributed by atoms with E-state index in [4.69, 9.17) is 4.74 Å². The minimum absolute atomic E-state index is 0.0222. The quantitative estimate of drug-likeness (QED) is 0.864. The van der Waals surface area contributed by atoms with Crippen LogP contribution in [0.15, 0.2) is 18.2 Å². The fraction of sp³-hybridized carbons (Fsp3) is 0.682. The second kappa shape index (κ2) is 6.56. The molecule has 5 heteroatoms. The third-order valence-corrected chi connectivity index (χ3v) is 7.47. The Kier molecular flexibility index (Phi) is 4.28. The summed E-state index contributed by atoms with van der Waals surface area (Å²) < 4.78 is 20.0. The molecule has 3 saturated heterocycles. The van der Waals surface area contributed by atoms with Crippen molar-refractivity contribution in [2.45, 2.75) is 57.3 Å². The number of benzene rings is 1. The molecular formula is C22H29FN2O2. The predicted octanol–water partition coefficient (Wildman–Crippen LogP) is 3.03. The molecule has 1 aromatic carbocycles. The fourth-order valence-corrected chi connectivity index (χ4v) is 5.78. The number of aryl methyl sites for hydroxylation is 1. The van der Waals surface area contributed by atoms with E-state index < -0.39 is 0 Å². The molecule has 1 aromatic rings. The number of amides is 1. The van der Waals surface area contributed by atoms with E-state index in [2.05, 4.69) is 10.2 Å². The molecule has 5 rings (SSSR count). The van der Waals surface area contributed by atoms with E-state index in [1.807, 2.05) is 19.1 Å². The lowest BCUT2D eigenvalue weighted by molar-refractivity contribution is -0.127. The minimum atomic E-state index is -0.139. The Morgan fingerprint density at radius 2 is 2.22 bits per heavy atom. The summed E-state index contributed by atoms with van der Waals surface area (Å²) in [7, 11) is 0. The third-order valence-electron chi connectivity index (χ3n) is 7.47. The van der Waals surface area contributed by atoms with Crippen LogP contribution in [0.5, 0.6) is 0 Å². The van der Waals surface area contributed by atoms with Crippen LogP contribution in [0.3, 0.4) is 0 Å². The highest BCUT2D eigenvalue weighted by Gasteiger charge is 2.62. The molecule has 1 spiro atoms. The summed E-state index contributed by atoms with van der Waals surface area (Å²) in [5.74, 6) is 1.29. The fourth-order valence-electron chi connectivity index (χ4n) is 5.78. The number of halogens is 1. The van der Waals surface area contributed by atoms with Crippen LogP contribution in [0.25, 0.3) is 0 Å². The SMILES string of the molecule is Cc1cc(CN2C[C@@H]3[C@H](CNC(=O)C4CCC4)[C@H]4CC[C@]3(C2)O4)ccc1F. The number of nitrogens with zero attached hydrogens (tertiary/aromatic N) is 1. The van der Waals surface area contributed by atoms with Crippen molar-refractivity contribution in [1.82, 2.24) is 10.2 Å². The Morgan fingerprint density at radius 1 is 1.37 bits per heavy atom. The van der Waals surface area contributed by atoms with Crippen molar-refractivity contribution in [3.8, 4) is 0 Å². The number of carbonyl (C=O) groups is 1. The van der Waals surface area contributed by atoms with Gasteiger partial charge in [-0.25, -0.2) is 4.39 Å². The first-order chi connectivity index (χ1) is 13.0. The van der Waals surface area contributed by atoms with Gasteiger partial charge in [0.25, 0.3) is 0 Å². The molecule has 1 amide bonds. The Hall–Kier alpha value is -1.46. The standard InChI is InChI=1S/C22H29FN2O2/c1-14-9-15(5-6-19(14)23)11-25-12-18-17(10-24-21(26)16-3-2-4-16)20-7-8-22(18,13-25)27-20/h5-6,9,16-18,20H,2-4,7-8,10-13H2,1H3,(H,24,26)/t17-,18+,20+,22+/m0/s1. The first-order valence-corrected chi connectivity index (χ1v) is 10.5. The topological polar surface area (TPSA) is 41.6 Å². The van der Waals surface area contributed by atoms with Crippen molar-refractivity contribution in [3.63, 3.8) is 0 Å². The average Bonchev–Trinajstić information content (AvgIpc) is 3.22. The summed E-state index contributed by atoms with van der Waals surface area (Å²) in [5, 5.41) is 3.22. The molecule has 1 N–H and O–H groups in total. The Bertz CT molecular complexity index is 750. The summed E-state index contributed by atoms with van der Waals surface area (Å²) >= 11 is 0. The summed E-state index contributed by atoms with van der Waals surface area (Å²) in [4.78, 5) is 14.7. The molecule has 2 bridgehead atoms. The lowest BCUT2D eigenvalue weighted by Gasteiger charge is -2.31. The number of ether oxygens (including phenoxy) is 1. The summed E-state index contributed by atoms with van der Waals surface area (Å²) in [6.45, 7) is 5.39. The van der Waals surface area contributed by atoms with Gasteiger partial charge in [0, 0.05) is 43.9 Å². The zero-order chi connectivity index (χ0) is 18.6. The van der Waals surface area contributed by atoms with Gasteiger partial charge in [0.2, 0.25) is 5.91 Å². The number of hydrogen-bond donors (Lipinski definition) is 1. The number of likely N-dealkylation sites (tertiary alicyclic amines) is 1. The molecule has 1 aliphatic carbocycles. The molecule has 146 valence electrons. The number of nitrogens with one attached hydrogen (secondary N) is 1. The van der Waals surface area contributed by atoms with Crippen molar-refractivity contribution in [3.05, 3.63) is 35.1 Å².